The summed E-state index contributed by atoms with van der Waals surface area (Å²) in [5, 5.41) is 0. The summed E-state index contributed by atoms with van der Waals surface area (Å²) in [7, 11) is 0. The Kier molecular flexibility index (Phi) is 41.1. The average molecular weight is 649 g/mol. The van der Waals surface area contributed by atoms with E-state index >= 15 is 0 Å². The molecule has 0 aliphatic carbocycles. The van der Waals surface area contributed by atoms with Gasteiger partial charge in [0.25, 0.3) is 0 Å². The first-order valence-corrected chi connectivity index (χ1v) is 21.3. The maximum atomic E-state index is 11.8. The number of carbonyl (C=O) groups is 1. The van der Waals surface area contributed by atoms with Gasteiger partial charge in [-0.2, -0.15) is 0 Å². The van der Waals surface area contributed by atoms with Gasteiger partial charge in [0, 0.05) is 0 Å². The van der Waals surface area contributed by atoms with Crippen LogP contribution in [0.25, 0.3) is 0 Å². The van der Waals surface area contributed by atoms with Crippen LogP contribution in [0.4, 0.5) is 4.79 Å². The molecular formula is C43H84O3. The molecule has 274 valence electrons. The van der Waals surface area contributed by atoms with E-state index in [1.807, 2.05) is 0 Å². The molecule has 0 heterocycles. The third kappa shape index (κ3) is 41.0. The first-order chi connectivity index (χ1) is 22.8. The molecule has 0 bridgehead atoms. The van der Waals surface area contributed by atoms with Crippen molar-refractivity contribution in [2.24, 2.45) is 0 Å². The molecule has 0 rings (SSSR count). The van der Waals surface area contributed by atoms with E-state index in [0.29, 0.717) is 13.2 Å². The van der Waals surface area contributed by atoms with E-state index in [4.69, 9.17) is 9.47 Å². The van der Waals surface area contributed by atoms with E-state index in [1.54, 1.807) is 0 Å². The fourth-order valence-corrected chi connectivity index (χ4v) is 6.41. The van der Waals surface area contributed by atoms with E-state index in [2.05, 4.69) is 26.0 Å². The van der Waals surface area contributed by atoms with Gasteiger partial charge in [-0.25, -0.2) is 4.79 Å². The molecule has 0 saturated heterocycles. The lowest BCUT2D eigenvalue weighted by Crippen LogP contribution is -2.09. The summed E-state index contributed by atoms with van der Waals surface area (Å²) >= 11 is 0. The van der Waals surface area contributed by atoms with Gasteiger partial charge in [0.1, 0.15) is 0 Å². The molecule has 0 fully saturated rings. The molecule has 0 N–H and O–H groups in total. The maximum Gasteiger partial charge on any atom is 0.508 e. The molecule has 46 heavy (non-hydrogen) atoms. The van der Waals surface area contributed by atoms with Gasteiger partial charge < -0.3 is 9.47 Å². The predicted octanol–water partition coefficient (Wildman–Crippen LogP) is 15.8. The molecule has 0 saturated carbocycles. The lowest BCUT2D eigenvalue weighted by molar-refractivity contribution is 0.0529. The third-order valence-electron chi connectivity index (χ3n) is 9.59. The molecule has 0 aromatic carbocycles. The Hall–Kier alpha value is -0.990. The van der Waals surface area contributed by atoms with Crippen molar-refractivity contribution in [3.8, 4) is 0 Å². The summed E-state index contributed by atoms with van der Waals surface area (Å²) < 4.78 is 10.5. The lowest BCUT2D eigenvalue weighted by Gasteiger charge is -2.07. The minimum absolute atomic E-state index is 0.472. The van der Waals surface area contributed by atoms with E-state index in [9.17, 15) is 4.79 Å². The van der Waals surface area contributed by atoms with E-state index in [0.717, 1.165) is 25.7 Å². The summed E-state index contributed by atoms with van der Waals surface area (Å²) in [4.78, 5) is 11.8. The number of hydrogen-bond donors (Lipinski definition) is 0. The van der Waals surface area contributed by atoms with Crippen molar-refractivity contribution < 1.29 is 14.3 Å². The molecular weight excluding hydrogens is 564 g/mol. The van der Waals surface area contributed by atoms with Crippen LogP contribution in [-0.4, -0.2) is 19.4 Å². The molecule has 0 aliphatic rings. The molecule has 3 heteroatoms. The minimum atomic E-state index is -0.472. The van der Waals surface area contributed by atoms with Gasteiger partial charge >= 0.3 is 6.16 Å². The Balaban J connectivity index is 3.17. The number of rotatable bonds is 39. The highest BCUT2D eigenvalue weighted by atomic mass is 16.7. The second-order valence-electron chi connectivity index (χ2n) is 14.3. The molecule has 0 aromatic rings. The van der Waals surface area contributed by atoms with Gasteiger partial charge in [-0.15, -0.1) is 0 Å². The van der Waals surface area contributed by atoms with Crippen molar-refractivity contribution >= 4 is 6.16 Å². The second kappa shape index (κ2) is 42.0. The Labute approximate surface area is 290 Å². The lowest BCUT2D eigenvalue weighted by atomic mass is 10.0. The van der Waals surface area contributed by atoms with Crippen molar-refractivity contribution in [1.82, 2.24) is 0 Å². The van der Waals surface area contributed by atoms with Crippen LogP contribution in [0.5, 0.6) is 0 Å². The van der Waals surface area contributed by atoms with Crippen molar-refractivity contribution in [3.63, 3.8) is 0 Å². The van der Waals surface area contributed by atoms with E-state index < -0.39 is 6.16 Å². The highest BCUT2D eigenvalue weighted by molar-refractivity contribution is 5.59. The molecule has 0 aliphatic heterocycles. The van der Waals surface area contributed by atoms with Crippen molar-refractivity contribution in [2.45, 2.75) is 245 Å². The second-order valence-corrected chi connectivity index (χ2v) is 14.3. The van der Waals surface area contributed by atoms with Gasteiger partial charge in [-0.1, -0.05) is 219 Å². The zero-order valence-corrected chi connectivity index (χ0v) is 31.7. The largest absolute Gasteiger partial charge is 0.508 e. The molecule has 0 aromatic heterocycles. The highest BCUT2D eigenvalue weighted by Crippen LogP contribution is 2.15. The first kappa shape index (κ1) is 45.0. The topological polar surface area (TPSA) is 35.5 Å². The van der Waals surface area contributed by atoms with Gasteiger partial charge in [0.15, 0.2) is 0 Å². The smallest absolute Gasteiger partial charge is 0.434 e. The maximum absolute atomic E-state index is 11.8. The van der Waals surface area contributed by atoms with E-state index in [-0.39, 0.29) is 0 Å². The summed E-state index contributed by atoms with van der Waals surface area (Å²) in [6.07, 6.45) is 52.8. The van der Waals surface area contributed by atoms with E-state index in [1.165, 1.54) is 205 Å². The summed E-state index contributed by atoms with van der Waals surface area (Å²) in [5.74, 6) is 0. The zero-order valence-electron chi connectivity index (χ0n) is 31.7. The Morgan fingerprint density at radius 1 is 0.326 bits per heavy atom. The number of ether oxygens (including phenoxy) is 2. The Bertz CT molecular complexity index is 587. The van der Waals surface area contributed by atoms with Gasteiger partial charge in [-0.3, -0.25) is 0 Å². The fourth-order valence-electron chi connectivity index (χ4n) is 6.41. The van der Waals surface area contributed by atoms with Crippen LogP contribution >= 0.6 is 0 Å². The normalized spacial score (nSPS) is 11.5. The molecule has 0 unspecified atom stereocenters. The highest BCUT2D eigenvalue weighted by Gasteiger charge is 2.03. The van der Waals surface area contributed by atoms with Crippen LogP contribution in [0.3, 0.4) is 0 Å². The Morgan fingerprint density at radius 2 is 0.543 bits per heavy atom. The van der Waals surface area contributed by atoms with Crippen molar-refractivity contribution in [3.05, 3.63) is 12.2 Å². The quantitative estimate of drug-likeness (QED) is 0.0378. The van der Waals surface area contributed by atoms with Gasteiger partial charge in [-0.05, 0) is 38.5 Å². The predicted molar refractivity (Wildman–Crippen MR) is 204 cm³/mol. The van der Waals surface area contributed by atoms with Crippen LogP contribution in [0, 0.1) is 0 Å². The molecule has 3 nitrogen and oxygen atoms in total. The number of allylic oxidation sites excluding steroid dienone is 2. The standard InChI is InChI=1S/C43H84O3/c1-3-5-7-9-11-13-15-17-19-21-23-24-26-28-30-32-34-36-38-40-42-46-43(44)45-41-39-37-35-33-31-29-27-25-22-20-18-16-14-12-10-8-6-4-2/h17,19H,3-16,18,20-42H2,1-2H3. The SMILES string of the molecule is CCCCCCCCC=CCCCCCCCCCCCCOC(=O)OCCCCCCCCCCCCCCCCCCCC. The summed E-state index contributed by atoms with van der Waals surface area (Å²) in [5.41, 5.74) is 0. The number of hydrogen-bond acceptors (Lipinski definition) is 3. The fraction of sp³-hybridized carbons (Fsp3) is 0.930. The van der Waals surface area contributed by atoms with Crippen LogP contribution in [0.15, 0.2) is 12.2 Å². The van der Waals surface area contributed by atoms with Crippen LogP contribution < -0.4 is 0 Å². The molecule has 0 radical (unpaired) electrons. The van der Waals surface area contributed by atoms with Gasteiger partial charge in [0.2, 0.25) is 0 Å². The minimum Gasteiger partial charge on any atom is -0.434 e. The Morgan fingerprint density at radius 3 is 0.804 bits per heavy atom. The first-order valence-electron chi connectivity index (χ1n) is 21.3. The van der Waals surface area contributed by atoms with Crippen molar-refractivity contribution in [2.75, 3.05) is 13.2 Å². The monoisotopic (exact) mass is 649 g/mol. The molecule has 0 amide bonds. The molecule has 0 spiro atoms. The average Bonchev–Trinajstić information content (AvgIpc) is 3.06. The van der Waals surface area contributed by atoms with Gasteiger partial charge in [0.05, 0.1) is 13.2 Å². The number of carbonyl (C=O) groups excluding carboxylic acids is 1. The number of unbranched alkanes of at least 4 members (excludes halogenated alkanes) is 33. The third-order valence-corrected chi connectivity index (χ3v) is 9.59. The van der Waals surface area contributed by atoms with Crippen LogP contribution in [0.2, 0.25) is 0 Å². The van der Waals surface area contributed by atoms with Crippen LogP contribution in [-0.2, 0) is 9.47 Å². The summed E-state index contributed by atoms with van der Waals surface area (Å²) in [6.45, 7) is 5.59. The summed E-state index contributed by atoms with van der Waals surface area (Å²) in [6, 6.07) is 0. The van der Waals surface area contributed by atoms with Crippen LogP contribution in [0.1, 0.15) is 245 Å². The van der Waals surface area contributed by atoms with Crippen molar-refractivity contribution in [1.29, 1.82) is 0 Å². The molecule has 0 atom stereocenters. The zero-order chi connectivity index (χ0) is 33.3.